The minimum Gasteiger partial charge on any atom is -0.310 e. The Morgan fingerprint density at radius 1 is 0.410 bits per heavy atom. The maximum Gasteiger partial charge on any atom is 0.0714 e. The number of halogens is 1. The Kier molecular flexibility index (Phi) is 5.91. The van der Waals surface area contributed by atoms with E-state index in [4.69, 9.17) is 0 Å². The van der Waals surface area contributed by atoms with Crippen molar-refractivity contribution in [2.24, 2.45) is 0 Å². The van der Waals surface area contributed by atoms with E-state index < -0.39 is 5.41 Å². The van der Waals surface area contributed by atoms with Gasteiger partial charge in [0, 0.05) is 21.5 Å². The maximum atomic E-state index is 3.61. The first-order valence-electron chi connectivity index (χ1n) is 13.2. The van der Waals surface area contributed by atoms with Crippen molar-refractivity contribution in [1.82, 2.24) is 0 Å². The van der Waals surface area contributed by atoms with Crippen molar-refractivity contribution < 1.29 is 0 Å². The Bertz CT molecular complexity index is 1700. The number of hydrogen-bond acceptors (Lipinski definition) is 1. The van der Waals surface area contributed by atoms with E-state index in [0.29, 0.717) is 0 Å². The maximum absolute atomic E-state index is 3.61. The summed E-state index contributed by atoms with van der Waals surface area (Å²) in [6, 6.07) is 56.9. The van der Waals surface area contributed by atoms with Crippen molar-refractivity contribution in [3.63, 3.8) is 0 Å². The third-order valence-corrected chi connectivity index (χ3v) is 8.33. The summed E-state index contributed by atoms with van der Waals surface area (Å²) in [5.74, 6) is 0. The van der Waals surface area contributed by atoms with Crippen molar-refractivity contribution in [2.75, 3.05) is 4.90 Å². The minimum absolute atomic E-state index is 0.424. The lowest BCUT2D eigenvalue weighted by atomic mass is 9.67. The highest BCUT2D eigenvalue weighted by molar-refractivity contribution is 9.10. The average Bonchev–Trinajstić information content (AvgIpc) is 3.30. The smallest absolute Gasteiger partial charge is 0.0714 e. The molecule has 0 spiro atoms. The molecule has 6 aromatic carbocycles. The predicted molar refractivity (Wildman–Crippen MR) is 166 cm³/mol. The van der Waals surface area contributed by atoms with Gasteiger partial charge < -0.3 is 4.90 Å². The Morgan fingerprint density at radius 3 is 1.54 bits per heavy atom. The largest absolute Gasteiger partial charge is 0.310 e. The number of anilines is 3. The molecule has 39 heavy (non-hydrogen) atoms. The van der Waals surface area contributed by atoms with Gasteiger partial charge in [-0.2, -0.15) is 0 Å². The van der Waals surface area contributed by atoms with Crippen LogP contribution in [0.15, 0.2) is 162 Å². The van der Waals surface area contributed by atoms with Gasteiger partial charge in [0.15, 0.2) is 0 Å². The summed E-state index contributed by atoms with van der Waals surface area (Å²) in [7, 11) is 0. The van der Waals surface area contributed by atoms with Crippen LogP contribution in [0.2, 0.25) is 0 Å². The van der Waals surface area contributed by atoms with Crippen LogP contribution in [0.1, 0.15) is 22.3 Å². The van der Waals surface area contributed by atoms with E-state index in [1.165, 1.54) is 33.4 Å². The van der Waals surface area contributed by atoms with Crippen molar-refractivity contribution in [1.29, 1.82) is 0 Å². The van der Waals surface area contributed by atoms with Crippen LogP contribution < -0.4 is 4.90 Å². The second-order valence-corrected chi connectivity index (χ2v) is 10.8. The van der Waals surface area contributed by atoms with Gasteiger partial charge in [0.05, 0.1) is 5.41 Å². The summed E-state index contributed by atoms with van der Waals surface area (Å²) in [6.07, 6.45) is 0. The average molecular weight is 565 g/mol. The fourth-order valence-corrected chi connectivity index (χ4v) is 6.45. The van der Waals surface area contributed by atoms with Crippen molar-refractivity contribution in [3.8, 4) is 11.1 Å². The highest BCUT2D eigenvalue weighted by Gasteiger charge is 2.46. The van der Waals surface area contributed by atoms with Gasteiger partial charge in [0.1, 0.15) is 0 Å². The van der Waals surface area contributed by atoms with Crippen LogP contribution in [-0.2, 0) is 5.41 Å². The van der Waals surface area contributed by atoms with Gasteiger partial charge in [-0.15, -0.1) is 0 Å². The molecule has 1 nitrogen and oxygen atoms in total. The van der Waals surface area contributed by atoms with Crippen LogP contribution in [-0.4, -0.2) is 0 Å². The molecular formula is C37H26BrN. The van der Waals surface area contributed by atoms with Crippen molar-refractivity contribution >= 4 is 33.0 Å². The summed E-state index contributed by atoms with van der Waals surface area (Å²) in [5.41, 5.74) is 10.7. The van der Waals surface area contributed by atoms with E-state index in [1.807, 2.05) is 0 Å². The van der Waals surface area contributed by atoms with Crippen LogP contribution in [0.3, 0.4) is 0 Å². The molecular weight excluding hydrogens is 538 g/mol. The van der Waals surface area contributed by atoms with Crippen LogP contribution in [0.5, 0.6) is 0 Å². The molecule has 2 heteroatoms. The molecule has 0 atom stereocenters. The van der Waals surface area contributed by atoms with E-state index in [2.05, 4.69) is 179 Å². The summed E-state index contributed by atoms with van der Waals surface area (Å²) in [4.78, 5) is 2.34. The summed E-state index contributed by atoms with van der Waals surface area (Å²) < 4.78 is 1.07. The molecule has 0 N–H and O–H groups in total. The first-order valence-corrected chi connectivity index (χ1v) is 14.0. The SMILES string of the molecule is Brc1ccc(N(c2ccccc2)c2ccc3c(c2)C(c2ccccc2)(c2ccccc2)c2ccccc2-3)cc1. The normalized spacial score (nSPS) is 12.9. The second kappa shape index (κ2) is 9.72. The van der Waals surface area contributed by atoms with Gasteiger partial charge in [-0.05, 0) is 81.9 Å². The molecule has 0 saturated carbocycles. The Morgan fingerprint density at radius 2 is 0.897 bits per heavy atom. The lowest BCUT2D eigenvalue weighted by Crippen LogP contribution is -2.28. The zero-order valence-corrected chi connectivity index (χ0v) is 22.9. The topological polar surface area (TPSA) is 3.24 Å². The Labute approximate surface area is 238 Å². The molecule has 0 radical (unpaired) electrons. The molecule has 0 bridgehead atoms. The molecule has 1 aliphatic rings. The van der Waals surface area contributed by atoms with Crippen LogP contribution in [0.4, 0.5) is 17.1 Å². The number of nitrogens with zero attached hydrogens (tertiary/aromatic N) is 1. The number of hydrogen-bond donors (Lipinski definition) is 0. The molecule has 0 fully saturated rings. The van der Waals surface area contributed by atoms with E-state index in [9.17, 15) is 0 Å². The summed E-state index contributed by atoms with van der Waals surface area (Å²) in [5, 5.41) is 0. The molecule has 0 unspecified atom stereocenters. The third-order valence-electron chi connectivity index (χ3n) is 7.80. The molecule has 0 saturated heterocycles. The molecule has 6 aromatic rings. The second-order valence-electron chi connectivity index (χ2n) is 9.90. The fourth-order valence-electron chi connectivity index (χ4n) is 6.19. The van der Waals surface area contributed by atoms with E-state index in [1.54, 1.807) is 0 Å². The van der Waals surface area contributed by atoms with Crippen molar-refractivity contribution in [2.45, 2.75) is 5.41 Å². The van der Waals surface area contributed by atoms with E-state index in [0.717, 1.165) is 21.5 Å². The van der Waals surface area contributed by atoms with Crippen LogP contribution in [0.25, 0.3) is 11.1 Å². The molecule has 1 aliphatic carbocycles. The Hall–Kier alpha value is -4.40. The zero-order valence-electron chi connectivity index (χ0n) is 21.3. The molecule has 7 rings (SSSR count). The standard InChI is InChI=1S/C37H26BrN/c38-29-20-22-31(23-21-29)39(30-16-8-3-9-17-30)32-24-25-34-33-18-10-11-19-35(33)37(36(34)26-32,27-12-4-1-5-13-27)28-14-6-2-7-15-28/h1-26H. The number of rotatable bonds is 5. The van der Waals surface area contributed by atoms with Crippen LogP contribution in [0, 0.1) is 0 Å². The molecule has 0 aliphatic heterocycles. The number of fused-ring (bicyclic) bond motifs is 3. The molecule has 186 valence electrons. The number of para-hydroxylation sites is 1. The lowest BCUT2D eigenvalue weighted by molar-refractivity contribution is 0.768. The predicted octanol–water partition coefficient (Wildman–Crippen LogP) is 10.3. The van der Waals surface area contributed by atoms with Gasteiger partial charge in [-0.1, -0.05) is 125 Å². The molecule has 0 heterocycles. The molecule has 0 aromatic heterocycles. The van der Waals surface area contributed by atoms with Gasteiger partial charge in [0.25, 0.3) is 0 Å². The first kappa shape index (κ1) is 23.7. The minimum atomic E-state index is -0.424. The number of benzene rings is 6. The van der Waals surface area contributed by atoms with Gasteiger partial charge in [-0.3, -0.25) is 0 Å². The van der Waals surface area contributed by atoms with E-state index in [-0.39, 0.29) is 0 Å². The lowest BCUT2D eigenvalue weighted by Gasteiger charge is -2.35. The van der Waals surface area contributed by atoms with Gasteiger partial charge in [0.2, 0.25) is 0 Å². The van der Waals surface area contributed by atoms with Crippen molar-refractivity contribution in [3.05, 3.63) is 184 Å². The monoisotopic (exact) mass is 563 g/mol. The fraction of sp³-hybridized carbons (Fsp3) is 0.0270. The quantitative estimate of drug-likeness (QED) is 0.201. The van der Waals surface area contributed by atoms with Gasteiger partial charge >= 0.3 is 0 Å². The summed E-state index contributed by atoms with van der Waals surface area (Å²) >= 11 is 3.61. The first-order chi connectivity index (χ1) is 19.3. The Balaban J connectivity index is 1.54. The summed E-state index contributed by atoms with van der Waals surface area (Å²) in [6.45, 7) is 0. The third kappa shape index (κ3) is 3.83. The van der Waals surface area contributed by atoms with E-state index >= 15 is 0 Å². The van der Waals surface area contributed by atoms with Crippen LogP contribution >= 0.6 is 15.9 Å². The molecule has 0 amide bonds. The highest BCUT2D eigenvalue weighted by atomic mass is 79.9. The van der Waals surface area contributed by atoms with Gasteiger partial charge in [-0.25, -0.2) is 0 Å². The zero-order chi connectivity index (χ0) is 26.2. The highest BCUT2D eigenvalue weighted by Crippen LogP contribution is 2.57.